The number of hydrogen-bond acceptors (Lipinski definition) is 2. The molecule has 0 N–H and O–H groups in total. The van der Waals surface area contributed by atoms with Crippen LogP contribution in [0.1, 0.15) is 5.56 Å². The van der Waals surface area contributed by atoms with Crippen LogP contribution in [0, 0.1) is 0 Å². The molecule has 0 radical (unpaired) electrons. The maximum Gasteiger partial charge on any atom is 0.339 e. The highest BCUT2D eigenvalue weighted by atomic mass is 35.5. The van der Waals surface area contributed by atoms with Crippen molar-refractivity contribution in [3.8, 4) is 0 Å². The Morgan fingerprint density at radius 3 is 2.46 bits per heavy atom. The topological polar surface area (TPSA) is 26.3 Å². The van der Waals surface area contributed by atoms with Crippen LogP contribution in [0.5, 0.6) is 0 Å². The molecule has 0 aliphatic heterocycles. The van der Waals surface area contributed by atoms with Gasteiger partial charge < -0.3 is 4.74 Å². The summed E-state index contributed by atoms with van der Waals surface area (Å²) >= 11 is 5.51. The second-order valence-corrected chi connectivity index (χ2v) is 2.60. The van der Waals surface area contributed by atoms with Crippen LogP contribution in [-0.2, 0) is 9.53 Å². The smallest absolute Gasteiger partial charge is 0.339 e. The molecule has 0 saturated carbocycles. The van der Waals surface area contributed by atoms with E-state index in [2.05, 4.69) is 4.74 Å². The summed E-state index contributed by atoms with van der Waals surface area (Å²) in [4.78, 5) is 11.2. The van der Waals surface area contributed by atoms with E-state index in [0.29, 0.717) is 5.57 Å². The first kappa shape index (κ1) is 9.81. The maximum absolute atomic E-state index is 11.2. The summed E-state index contributed by atoms with van der Waals surface area (Å²) in [5.74, 6) is -0.429. The van der Waals surface area contributed by atoms with E-state index in [9.17, 15) is 4.79 Å². The summed E-state index contributed by atoms with van der Waals surface area (Å²) < 4.78 is 4.57. The van der Waals surface area contributed by atoms with Crippen molar-refractivity contribution in [2.45, 2.75) is 0 Å². The molecule has 1 aromatic carbocycles. The zero-order valence-electron chi connectivity index (χ0n) is 7.16. The fraction of sp³-hybridized carbons (Fsp3) is 0.100. The van der Waals surface area contributed by atoms with Crippen molar-refractivity contribution in [3.05, 3.63) is 41.4 Å². The van der Waals surface area contributed by atoms with Gasteiger partial charge in [0.15, 0.2) is 0 Å². The van der Waals surface area contributed by atoms with Gasteiger partial charge >= 0.3 is 5.97 Å². The van der Waals surface area contributed by atoms with E-state index in [1.165, 1.54) is 12.6 Å². The minimum atomic E-state index is -0.429. The van der Waals surface area contributed by atoms with Crippen molar-refractivity contribution in [2.24, 2.45) is 0 Å². The molecule has 0 heterocycles. The van der Waals surface area contributed by atoms with Crippen LogP contribution in [0.3, 0.4) is 0 Å². The van der Waals surface area contributed by atoms with Crippen LogP contribution in [0.4, 0.5) is 0 Å². The molecule has 0 saturated heterocycles. The molecular formula is C10H9ClO2. The van der Waals surface area contributed by atoms with Crippen molar-refractivity contribution in [2.75, 3.05) is 7.11 Å². The number of benzene rings is 1. The normalized spacial score (nSPS) is 11.1. The SMILES string of the molecule is COC(=O)C(=CCl)c1ccccc1. The second-order valence-electron chi connectivity index (χ2n) is 2.38. The molecule has 0 unspecified atom stereocenters. The highest BCUT2D eigenvalue weighted by molar-refractivity contribution is 6.34. The number of carbonyl (C=O) groups is 1. The van der Waals surface area contributed by atoms with Crippen LogP contribution in [0.25, 0.3) is 5.57 Å². The van der Waals surface area contributed by atoms with Gasteiger partial charge in [-0.1, -0.05) is 41.9 Å². The van der Waals surface area contributed by atoms with Crippen molar-refractivity contribution in [1.82, 2.24) is 0 Å². The molecule has 68 valence electrons. The highest BCUT2D eigenvalue weighted by Crippen LogP contribution is 2.16. The summed E-state index contributed by atoms with van der Waals surface area (Å²) in [6.07, 6.45) is 0. The third kappa shape index (κ3) is 2.33. The Morgan fingerprint density at radius 1 is 1.38 bits per heavy atom. The Morgan fingerprint density at radius 2 is 2.00 bits per heavy atom. The number of methoxy groups -OCH3 is 1. The molecule has 1 aromatic rings. The van der Waals surface area contributed by atoms with E-state index in [0.717, 1.165) is 5.56 Å². The Labute approximate surface area is 81.8 Å². The van der Waals surface area contributed by atoms with Crippen LogP contribution < -0.4 is 0 Å². The summed E-state index contributed by atoms with van der Waals surface area (Å²) in [5.41, 5.74) is 2.34. The Balaban J connectivity index is 3.00. The number of ether oxygens (including phenoxy) is 1. The van der Waals surface area contributed by atoms with Gasteiger partial charge in [0.05, 0.1) is 12.7 Å². The van der Waals surface area contributed by atoms with Crippen LogP contribution in [0.2, 0.25) is 0 Å². The molecular weight excluding hydrogens is 188 g/mol. The zero-order valence-corrected chi connectivity index (χ0v) is 7.91. The van der Waals surface area contributed by atoms with Crippen molar-refractivity contribution < 1.29 is 9.53 Å². The van der Waals surface area contributed by atoms with Gasteiger partial charge in [0.25, 0.3) is 0 Å². The lowest BCUT2D eigenvalue weighted by atomic mass is 10.1. The predicted molar refractivity (Wildman–Crippen MR) is 52.3 cm³/mol. The van der Waals surface area contributed by atoms with E-state index in [1.807, 2.05) is 18.2 Å². The van der Waals surface area contributed by atoms with Gasteiger partial charge in [-0.2, -0.15) is 0 Å². The zero-order chi connectivity index (χ0) is 9.68. The van der Waals surface area contributed by atoms with Gasteiger partial charge in [0, 0.05) is 5.54 Å². The summed E-state index contributed by atoms with van der Waals surface area (Å²) in [6, 6.07) is 9.13. The fourth-order valence-electron chi connectivity index (χ4n) is 0.953. The lowest BCUT2D eigenvalue weighted by Crippen LogP contribution is -2.02. The van der Waals surface area contributed by atoms with Crippen LogP contribution >= 0.6 is 11.6 Å². The van der Waals surface area contributed by atoms with Crippen LogP contribution in [0.15, 0.2) is 35.9 Å². The Kier molecular flexibility index (Phi) is 3.53. The number of hydrogen-bond donors (Lipinski definition) is 0. The van der Waals surface area contributed by atoms with E-state index >= 15 is 0 Å². The lowest BCUT2D eigenvalue weighted by Gasteiger charge is -2.02. The molecule has 0 aromatic heterocycles. The minimum absolute atomic E-state index is 0.366. The molecule has 3 heteroatoms. The molecule has 0 bridgehead atoms. The standard InChI is InChI=1S/C10H9ClO2/c1-13-10(12)9(7-11)8-5-3-2-4-6-8/h2-7H,1H3. The molecule has 0 spiro atoms. The van der Waals surface area contributed by atoms with E-state index in [1.54, 1.807) is 12.1 Å². The van der Waals surface area contributed by atoms with Crippen molar-refractivity contribution in [1.29, 1.82) is 0 Å². The molecule has 0 fully saturated rings. The van der Waals surface area contributed by atoms with Crippen molar-refractivity contribution in [3.63, 3.8) is 0 Å². The van der Waals surface area contributed by atoms with Gasteiger partial charge in [-0.15, -0.1) is 0 Å². The van der Waals surface area contributed by atoms with E-state index < -0.39 is 5.97 Å². The quantitative estimate of drug-likeness (QED) is 0.537. The van der Waals surface area contributed by atoms with Gasteiger partial charge in [-0.05, 0) is 5.56 Å². The third-order valence-electron chi connectivity index (χ3n) is 1.60. The second kappa shape index (κ2) is 4.67. The summed E-state index contributed by atoms with van der Waals surface area (Å²) in [5, 5.41) is 0. The first-order valence-electron chi connectivity index (χ1n) is 3.73. The third-order valence-corrected chi connectivity index (χ3v) is 1.82. The molecule has 13 heavy (non-hydrogen) atoms. The fourth-order valence-corrected chi connectivity index (χ4v) is 1.17. The Bertz CT molecular complexity index is 317. The number of halogens is 1. The average molecular weight is 197 g/mol. The van der Waals surface area contributed by atoms with E-state index in [4.69, 9.17) is 11.6 Å². The largest absolute Gasteiger partial charge is 0.465 e. The summed E-state index contributed by atoms with van der Waals surface area (Å²) in [7, 11) is 1.33. The van der Waals surface area contributed by atoms with Gasteiger partial charge in [0.2, 0.25) is 0 Å². The predicted octanol–water partition coefficient (Wildman–Crippen LogP) is 2.44. The van der Waals surface area contributed by atoms with Crippen LogP contribution in [-0.4, -0.2) is 13.1 Å². The van der Waals surface area contributed by atoms with E-state index in [-0.39, 0.29) is 0 Å². The number of esters is 1. The lowest BCUT2D eigenvalue weighted by molar-refractivity contribution is -0.133. The minimum Gasteiger partial charge on any atom is -0.465 e. The number of rotatable bonds is 2. The molecule has 1 rings (SSSR count). The molecule has 0 aliphatic carbocycles. The van der Waals surface area contributed by atoms with Gasteiger partial charge in [0.1, 0.15) is 0 Å². The first-order valence-corrected chi connectivity index (χ1v) is 4.17. The first-order chi connectivity index (χ1) is 6.29. The Hall–Kier alpha value is -1.28. The molecule has 0 amide bonds. The maximum atomic E-state index is 11.2. The number of carbonyl (C=O) groups excluding carboxylic acids is 1. The van der Waals surface area contributed by atoms with Crippen molar-refractivity contribution >= 4 is 23.1 Å². The monoisotopic (exact) mass is 196 g/mol. The summed E-state index contributed by atoms with van der Waals surface area (Å²) in [6.45, 7) is 0. The van der Waals surface area contributed by atoms with Gasteiger partial charge in [-0.3, -0.25) is 0 Å². The van der Waals surface area contributed by atoms with Gasteiger partial charge in [-0.25, -0.2) is 4.79 Å². The molecule has 2 nitrogen and oxygen atoms in total. The highest BCUT2D eigenvalue weighted by Gasteiger charge is 2.10. The molecule has 0 atom stereocenters. The molecule has 0 aliphatic rings. The average Bonchev–Trinajstić information content (AvgIpc) is 2.20.